The monoisotopic (exact) mass is 510 g/mol. The van der Waals surface area contributed by atoms with Crippen LogP contribution in [0.15, 0.2) is 23.2 Å². The Morgan fingerprint density at radius 1 is 1.26 bits per heavy atom. The molecule has 1 aliphatic heterocycles. The number of non-ortho nitro benzene ring substituents is 1. The predicted molar refractivity (Wildman–Crippen MR) is 135 cm³/mol. The van der Waals surface area contributed by atoms with Gasteiger partial charge in [-0.3, -0.25) is 19.9 Å². The minimum Gasteiger partial charge on any atom is -0.347 e. The van der Waals surface area contributed by atoms with E-state index in [-0.39, 0.29) is 47.7 Å². The number of halogens is 2. The van der Waals surface area contributed by atoms with Gasteiger partial charge in [0, 0.05) is 36.9 Å². The zero-order valence-corrected chi connectivity index (χ0v) is 21.0. The molecule has 5 aliphatic rings. The molecule has 0 aromatic heterocycles. The number of amidine groups is 1. The van der Waals surface area contributed by atoms with Crippen molar-refractivity contribution in [1.82, 2.24) is 4.90 Å². The molecule has 7 nitrogen and oxygen atoms in total. The fourth-order valence-corrected chi connectivity index (χ4v) is 8.13. The number of nitrogens with zero attached hydrogens (tertiary/aromatic N) is 3. The molecule has 1 aromatic carbocycles. The summed E-state index contributed by atoms with van der Waals surface area (Å²) in [7, 11) is 0. The number of carbonyl (C=O) groups is 1. The van der Waals surface area contributed by atoms with Crippen LogP contribution in [0.5, 0.6) is 0 Å². The number of hydrogen-bond donors (Lipinski definition) is 1. The molecule has 6 rings (SSSR count). The zero-order valence-electron chi connectivity index (χ0n) is 19.4. The Hall–Kier alpha value is -1.87. The first-order valence-corrected chi connectivity index (χ1v) is 13.1. The summed E-state index contributed by atoms with van der Waals surface area (Å²) >= 11 is 1.74. The van der Waals surface area contributed by atoms with Crippen molar-refractivity contribution in [2.24, 2.45) is 22.7 Å². The van der Waals surface area contributed by atoms with Crippen molar-refractivity contribution >= 4 is 46.6 Å². The molecule has 0 radical (unpaired) electrons. The Morgan fingerprint density at radius 2 is 1.91 bits per heavy atom. The molecule has 1 N–H and O–H groups in total. The van der Waals surface area contributed by atoms with E-state index in [1.165, 1.54) is 38.5 Å². The number of benzene rings is 1. The summed E-state index contributed by atoms with van der Waals surface area (Å²) in [6.45, 7) is 2.96. The number of nitrogens with one attached hydrogen (secondary N) is 1. The molecule has 4 bridgehead atoms. The topological polar surface area (TPSA) is 87.8 Å². The lowest BCUT2D eigenvalue weighted by Gasteiger charge is -2.55. The fourth-order valence-electron chi connectivity index (χ4n) is 6.83. The van der Waals surface area contributed by atoms with Gasteiger partial charge in [0.1, 0.15) is 5.82 Å². The molecule has 0 spiro atoms. The molecule has 4 aliphatic carbocycles. The highest BCUT2D eigenvalue weighted by atomic mass is 35.5. The molecular formula is C24H32ClFN4O3S. The molecule has 1 saturated heterocycles. The Labute approximate surface area is 209 Å². The van der Waals surface area contributed by atoms with E-state index in [1.807, 2.05) is 0 Å². The highest BCUT2D eigenvalue weighted by Gasteiger charge is 2.51. The van der Waals surface area contributed by atoms with E-state index in [2.05, 4.69) is 17.1 Å². The van der Waals surface area contributed by atoms with Crippen molar-refractivity contribution in [3.63, 3.8) is 0 Å². The van der Waals surface area contributed by atoms with Gasteiger partial charge in [-0.2, -0.15) is 0 Å². The van der Waals surface area contributed by atoms with Crippen molar-refractivity contribution in [3.8, 4) is 0 Å². The number of carbonyl (C=O) groups excluding carboxylic acids is 1. The van der Waals surface area contributed by atoms with Crippen LogP contribution in [0.1, 0.15) is 58.3 Å². The Kier molecular flexibility index (Phi) is 7.43. The van der Waals surface area contributed by atoms with Crippen LogP contribution in [0.3, 0.4) is 0 Å². The Balaban J connectivity index is 0.00000274. The quantitative estimate of drug-likeness (QED) is 0.379. The lowest BCUT2D eigenvalue weighted by Crippen LogP contribution is -2.50. The molecule has 10 heteroatoms. The third kappa shape index (κ3) is 5.05. The van der Waals surface area contributed by atoms with Crippen LogP contribution in [0.25, 0.3) is 0 Å². The summed E-state index contributed by atoms with van der Waals surface area (Å²) in [6.07, 6.45) is 8.93. The smallest absolute Gasteiger partial charge is 0.271 e. The average Bonchev–Trinajstić information content (AvgIpc) is 3.09. The molecule has 1 amide bonds. The van der Waals surface area contributed by atoms with Crippen molar-refractivity contribution in [2.75, 3.05) is 17.6 Å². The van der Waals surface area contributed by atoms with Gasteiger partial charge in [-0.25, -0.2) is 4.39 Å². The first-order chi connectivity index (χ1) is 15.8. The predicted octanol–water partition coefficient (Wildman–Crippen LogP) is 5.64. The van der Waals surface area contributed by atoms with E-state index < -0.39 is 10.7 Å². The van der Waals surface area contributed by atoms with Crippen molar-refractivity contribution in [1.29, 1.82) is 0 Å². The molecular weight excluding hydrogens is 479 g/mol. The molecule has 34 heavy (non-hydrogen) atoms. The summed E-state index contributed by atoms with van der Waals surface area (Å²) < 4.78 is 14.1. The molecule has 1 atom stereocenters. The molecule has 5 fully saturated rings. The van der Waals surface area contributed by atoms with Gasteiger partial charge < -0.3 is 10.2 Å². The first-order valence-electron chi connectivity index (χ1n) is 12.1. The van der Waals surface area contributed by atoms with E-state index in [4.69, 9.17) is 4.99 Å². The van der Waals surface area contributed by atoms with Crippen LogP contribution in [0.2, 0.25) is 0 Å². The van der Waals surface area contributed by atoms with Crippen LogP contribution in [-0.2, 0) is 4.79 Å². The average molecular weight is 511 g/mol. The van der Waals surface area contributed by atoms with Crippen LogP contribution in [-0.4, -0.2) is 44.8 Å². The van der Waals surface area contributed by atoms with E-state index in [1.54, 1.807) is 11.8 Å². The number of anilines is 1. The molecule has 1 aromatic rings. The van der Waals surface area contributed by atoms with Gasteiger partial charge in [-0.1, -0.05) is 18.7 Å². The Bertz CT molecular complexity index is 956. The second kappa shape index (κ2) is 10.0. The summed E-state index contributed by atoms with van der Waals surface area (Å²) in [5.41, 5.74) is -0.308. The van der Waals surface area contributed by atoms with Gasteiger partial charge in [-0.05, 0) is 68.8 Å². The van der Waals surface area contributed by atoms with Crippen molar-refractivity contribution < 1.29 is 14.1 Å². The van der Waals surface area contributed by atoms with E-state index in [0.29, 0.717) is 0 Å². The third-order valence-electron chi connectivity index (χ3n) is 7.75. The van der Waals surface area contributed by atoms with Gasteiger partial charge in [0.2, 0.25) is 5.91 Å². The number of rotatable bonds is 7. The number of hydrogen-bond acceptors (Lipinski definition) is 5. The minimum absolute atomic E-state index is 0. The highest BCUT2D eigenvalue weighted by molar-refractivity contribution is 8.14. The molecule has 1 unspecified atom stereocenters. The van der Waals surface area contributed by atoms with Crippen molar-refractivity contribution in [3.05, 3.63) is 34.1 Å². The fraction of sp³-hybridized carbons (Fsp3) is 0.667. The second-order valence-corrected chi connectivity index (χ2v) is 11.4. The first kappa shape index (κ1) is 25.2. The summed E-state index contributed by atoms with van der Waals surface area (Å²) in [6, 6.07) is 3.16. The molecule has 186 valence electrons. The van der Waals surface area contributed by atoms with Gasteiger partial charge in [0.05, 0.1) is 16.1 Å². The largest absolute Gasteiger partial charge is 0.347 e. The third-order valence-corrected chi connectivity index (χ3v) is 8.89. The SMILES string of the molecule is CCCN1/C(=N/C23CC4CC(CC(C4)C2)C3)SCC1CC(=O)Nc1cc([N+](=O)[O-])ccc1F.Cl. The van der Waals surface area contributed by atoms with Crippen LogP contribution in [0.4, 0.5) is 15.8 Å². The number of nitro benzene ring substituents is 1. The maximum Gasteiger partial charge on any atom is 0.271 e. The molecule has 1 heterocycles. The van der Waals surface area contributed by atoms with Crippen LogP contribution < -0.4 is 5.32 Å². The lowest BCUT2D eigenvalue weighted by molar-refractivity contribution is -0.384. The van der Waals surface area contributed by atoms with Gasteiger partial charge in [-0.15, -0.1) is 12.4 Å². The number of amides is 1. The number of nitro groups is 1. The van der Waals surface area contributed by atoms with E-state index in [0.717, 1.165) is 59.8 Å². The second-order valence-electron chi connectivity index (χ2n) is 10.4. The van der Waals surface area contributed by atoms with Crippen molar-refractivity contribution in [2.45, 2.75) is 69.9 Å². The minimum atomic E-state index is -0.677. The van der Waals surface area contributed by atoms with Gasteiger partial charge >= 0.3 is 0 Å². The summed E-state index contributed by atoms with van der Waals surface area (Å²) in [4.78, 5) is 30.8. The standard InChI is InChI=1S/C24H31FN4O3S.ClH/c1-2-5-28-19(10-22(30)26-21-9-18(29(31)32)3-4-20(21)25)14-33-23(28)27-24-11-15-6-16(12-24)8-17(7-15)13-24;/h3-4,9,15-17,19H,2,5-8,10-14H2,1H3,(H,26,30);1H/b27-23-;. The van der Waals surface area contributed by atoms with Crippen LogP contribution in [0, 0.1) is 33.7 Å². The number of thioether (sulfide) groups is 1. The van der Waals surface area contributed by atoms with E-state index in [9.17, 15) is 19.3 Å². The summed E-state index contributed by atoms with van der Waals surface area (Å²) in [5.74, 6) is 2.26. The van der Waals surface area contributed by atoms with Gasteiger partial charge in [0.15, 0.2) is 5.17 Å². The number of aliphatic imine (C=N–C) groups is 1. The normalized spacial score (nSPS) is 32.6. The lowest BCUT2D eigenvalue weighted by atomic mass is 9.53. The van der Waals surface area contributed by atoms with Crippen LogP contribution >= 0.6 is 24.2 Å². The highest BCUT2D eigenvalue weighted by Crippen LogP contribution is 2.57. The summed E-state index contributed by atoms with van der Waals surface area (Å²) in [5, 5.41) is 14.6. The maximum absolute atomic E-state index is 14.1. The molecule has 4 saturated carbocycles. The van der Waals surface area contributed by atoms with E-state index >= 15 is 0 Å². The zero-order chi connectivity index (χ0) is 23.2. The Morgan fingerprint density at radius 3 is 2.50 bits per heavy atom. The maximum atomic E-state index is 14.1. The van der Waals surface area contributed by atoms with Gasteiger partial charge in [0.25, 0.3) is 5.69 Å².